The second-order valence-electron chi connectivity index (χ2n) is 4.63. The van der Waals surface area contributed by atoms with Crippen molar-refractivity contribution in [1.82, 2.24) is 10.2 Å². The van der Waals surface area contributed by atoms with Gasteiger partial charge in [-0.3, -0.25) is 4.90 Å². The smallest absolute Gasteiger partial charge is 0.315 e. The predicted octanol–water partition coefficient (Wildman–Crippen LogP) is 3.04. The van der Waals surface area contributed by atoms with E-state index in [4.69, 9.17) is 0 Å². The molecule has 0 aliphatic rings. The predicted molar refractivity (Wildman–Crippen MR) is 65.1 cm³/mol. The Labute approximate surface area is 103 Å². The molecule has 1 N–H and O–H groups in total. The van der Waals surface area contributed by atoms with Crippen molar-refractivity contribution < 1.29 is 13.2 Å². The zero-order chi connectivity index (χ0) is 13.5. The van der Waals surface area contributed by atoms with E-state index in [1.165, 1.54) is 0 Å². The Kier molecular flexibility index (Phi) is 7.79. The van der Waals surface area contributed by atoms with Gasteiger partial charge in [-0.05, 0) is 26.8 Å². The van der Waals surface area contributed by atoms with E-state index in [-0.39, 0.29) is 12.1 Å². The molecule has 0 rings (SSSR count). The van der Waals surface area contributed by atoms with Crippen LogP contribution >= 0.6 is 0 Å². The molecule has 0 spiro atoms. The average Bonchev–Trinajstić information content (AvgIpc) is 2.19. The van der Waals surface area contributed by atoms with Gasteiger partial charge >= 0.3 is 6.18 Å². The zero-order valence-electron chi connectivity index (χ0n) is 11.3. The van der Waals surface area contributed by atoms with Crippen molar-refractivity contribution in [3.8, 4) is 0 Å². The molecule has 0 saturated heterocycles. The van der Waals surface area contributed by atoms with E-state index >= 15 is 0 Å². The van der Waals surface area contributed by atoms with Crippen LogP contribution < -0.4 is 5.32 Å². The maximum atomic E-state index is 12.5. The van der Waals surface area contributed by atoms with Crippen LogP contribution in [0.3, 0.4) is 0 Å². The van der Waals surface area contributed by atoms with Crippen LogP contribution in [0.2, 0.25) is 0 Å². The van der Waals surface area contributed by atoms with Crippen LogP contribution in [0.25, 0.3) is 0 Å². The molecule has 0 bridgehead atoms. The molecule has 0 aliphatic carbocycles. The van der Waals surface area contributed by atoms with Crippen molar-refractivity contribution in [2.75, 3.05) is 19.6 Å². The highest BCUT2D eigenvalue weighted by molar-refractivity contribution is 4.78. The van der Waals surface area contributed by atoms with Gasteiger partial charge in [0.05, 0.1) is 6.54 Å². The highest BCUT2D eigenvalue weighted by Crippen LogP contribution is 2.21. The van der Waals surface area contributed by atoms with Crippen LogP contribution in [-0.2, 0) is 0 Å². The number of halogens is 3. The lowest BCUT2D eigenvalue weighted by atomic mass is 10.1. The summed E-state index contributed by atoms with van der Waals surface area (Å²) in [6.07, 6.45) is -2.43. The molecule has 17 heavy (non-hydrogen) atoms. The summed E-state index contributed by atoms with van der Waals surface area (Å²) in [4.78, 5) is 1.55. The lowest BCUT2D eigenvalue weighted by Gasteiger charge is -2.35. The van der Waals surface area contributed by atoms with Crippen molar-refractivity contribution in [2.45, 2.75) is 58.8 Å². The fourth-order valence-corrected chi connectivity index (χ4v) is 1.97. The second kappa shape index (κ2) is 7.93. The Balaban J connectivity index is 4.58. The van der Waals surface area contributed by atoms with E-state index in [0.29, 0.717) is 6.54 Å². The molecule has 0 aromatic carbocycles. The van der Waals surface area contributed by atoms with Gasteiger partial charge in [-0.2, -0.15) is 13.2 Å². The first-order valence-corrected chi connectivity index (χ1v) is 6.35. The number of nitrogens with zero attached hydrogens (tertiary/aromatic N) is 1. The topological polar surface area (TPSA) is 15.3 Å². The van der Waals surface area contributed by atoms with Crippen molar-refractivity contribution in [2.24, 2.45) is 0 Å². The van der Waals surface area contributed by atoms with E-state index in [1.807, 2.05) is 27.7 Å². The van der Waals surface area contributed by atoms with Crippen LogP contribution in [0.5, 0.6) is 0 Å². The molecule has 0 aromatic rings. The number of rotatable bonds is 8. The molecule has 0 aliphatic heterocycles. The molecule has 2 nitrogen and oxygen atoms in total. The Hall–Kier alpha value is -0.290. The maximum Gasteiger partial charge on any atom is 0.401 e. The van der Waals surface area contributed by atoms with E-state index in [9.17, 15) is 13.2 Å². The highest BCUT2D eigenvalue weighted by Gasteiger charge is 2.34. The molecular weight excluding hydrogens is 229 g/mol. The summed E-state index contributed by atoms with van der Waals surface area (Å²) in [6.45, 7) is 8.20. The SMILES string of the molecule is CCCC(CNCC)N(CC(F)(F)F)C(C)C. The number of likely N-dealkylation sites (N-methyl/N-ethyl adjacent to an activating group) is 1. The first-order chi connectivity index (χ1) is 7.81. The summed E-state index contributed by atoms with van der Waals surface area (Å²) < 4.78 is 37.6. The van der Waals surface area contributed by atoms with Gasteiger partial charge in [0, 0.05) is 18.6 Å². The lowest BCUT2D eigenvalue weighted by molar-refractivity contribution is -0.155. The third-order valence-corrected chi connectivity index (χ3v) is 2.75. The van der Waals surface area contributed by atoms with Gasteiger partial charge in [0.1, 0.15) is 0 Å². The van der Waals surface area contributed by atoms with Gasteiger partial charge in [0.15, 0.2) is 0 Å². The average molecular weight is 254 g/mol. The van der Waals surface area contributed by atoms with Gasteiger partial charge in [-0.1, -0.05) is 20.3 Å². The minimum atomic E-state index is -4.12. The molecular formula is C12H25F3N2. The van der Waals surface area contributed by atoms with Crippen molar-refractivity contribution >= 4 is 0 Å². The highest BCUT2D eigenvalue weighted by atomic mass is 19.4. The van der Waals surface area contributed by atoms with Crippen molar-refractivity contribution in [3.63, 3.8) is 0 Å². The number of hydrogen-bond acceptors (Lipinski definition) is 2. The molecule has 0 fully saturated rings. The van der Waals surface area contributed by atoms with Gasteiger partial charge in [0.2, 0.25) is 0 Å². The lowest BCUT2D eigenvalue weighted by Crippen LogP contribution is -2.49. The number of alkyl halides is 3. The van der Waals surface area contributed by atoms with Gasteiger partial charge in [0.25, 0.3) is 0 Å². The summed E-state index contributed by atoms with van der Waals surface area (Å²) in [5.74, 6) is 0. The minimum absolute atomic E-state index is 0.0402. The minimum Gasteiger partial charge on any atom is -0.315 e. The summed E-state index contributed by atoms with van der Waals surface area (Å²) in [5.41, 5.74) is 0. The standard InChI is InChI=1S/C12H25F3N2/c1-5-7-11(8-16-6-2)17(10(3)4)9-12(13,14)15/h10-11,16H,5-9H2,1-4H3. The van der Waals surface area contributed by atoms with Gasteiger partial charge < -0.3 is 5.32 Å². The van der Waals surface area contributed by atoms with Crippen LogP contribution in [0.15, 0.2) is 0 Å². The molecule has 0 saturated carbocycles. The molecule has 0 amide bonds. The van der Waals surface area contributed by atoms with E-state index in [1.54, 1.807) is 4.90 Å². The Morgan fingerprint density at radius 3 is 2.12 bits per heavy atom. The van der Waals surface area contributed by atoms with Crippen LogP contribution in [-0.4, -0.2) is 42.8 Å². The molecule has 0 aromatic heterocycles. The molecule has 0 heterocycles. The van der Waals surface area contributed by atoms with Gasteiger partial charge in [-0.15, -0.1) is 0 Å². The molecule has 1 unspecified atom stereocenters. The Bertz CT molecular complexity index is 193. The normalized spacial score (nSPS) is 14.6. The fraction of sp³-hybridized carbons (Fsp3) is 1.00. The maximum absolute atomic E-state index is 12.5. The van der Waals surface area contributed by atoms with Crippen LogP contribution in [0.1, 0.15) is 40.5 Å². The van der Waals surface area contributed by atoms with Crippen molar-refractivity contribution in [3.05, 3.63) is 0 Å². The molecule has 104 valence electrons. The quantitative estimate of drug-likeness (QED) is 0.716. The Morgan fingerprint density at radius 2 is 1.76 bits per heavy atom. The van der Waals surface area contributed by atoms with E-state index in [2.05, 4.69) is 5.32 Å². The third kappa shape index (κ3) is 7.60. The largest absolute Gasteiger partial charge is 0.401 e. The summed E-state index contributed by atoms with van der Waals surface area (Å²) in [5, 5.41) is 3.15. The fourth-order valence-electron chi connectivity index (χ4n) is 1.97. The van der Waals surface area contributed by atoms with E-state index in [0.717, 1.165) is 19.4 Å². The number of hydrogen-bond donors (Lipinski definition) is 1. The van der Waals surface area contributed by atoms with Gasteiger partial charge in [-0.25, -0.2) is 0 Å². The first-order valence-electron chi connectivity index (χ1n) is 6.35. The monoisotopic (exact) mass is 254 g/mol. The van der Waals surface area contributed by atoms with E-state index < -0.39 is 12.7 Å². The number of nitrogens with one attached hydrogen (secondary N) is 1. The van der Waals surface area contributed by atoms with Crippen molar-refractivity contribution in [1.29, 1.82) is 0 Å². The summed E-state index contributed by atoms with van der Waals surface area (Å²) in [7, 11) is 0. The third-order valence-electron chi connectivity index (χ3n) is 2.75. The zero-order valence-corrected chi connectivity index (χ0v) is 11.3. The summed E-state index contributed by atoms with van der Waals surface area (Å²) >= 11 is 0. The first kappa shape index (κ1) is 16.7. The Morgan fingerprint density at radius 1 is 1.18 bits per heavy atom. The molecule has 1 atom stereocenters. The second-order valence-corrected chi connectivity index (χ2v) is 4.63. The summed E-state index contributed by atoms with van der Waals surface area (Å²) in [6, 6.07) is -0.131. The van der Waals surface area contributed by atoms with Crippen LogP contribution in [0.4, 0.5) is 13.2 Å². The van der Waals surface area contributed by atoms with Crippen LogP contribution in [0, 0.1) is 0 Å². The molecule has 5 heteroatoms. The molecule has 0 radical (unpaired) electrons.